The van der Waals surface area contributed by atoms with Gasteiger partial charge in [-0.25, -0.2) is 9.59 Å². The molecule has 0 spiro atoms. The van der Waals surface area contributed by atoms with Crippen LogP contribution in [0.25, 0.3) is 11.1 Å². The minimum Gasteiger partial charge on any atom is -0.489 e. The lowest BCUT2D eigenvalue weighted by atomic mass is 9.96. The van der Waals surface area contributed by atoms with Gasteiger partial charge in [-0.3, -0.25) is 0 Å². The standard InChI is InChI=1S/C40H42O6S2/c1-7-37(41)45-33(25-47-35-15-11-9-12-16-35)23-43-39-27(3)19-31(20-28(39)4)32-21-29(5)40(30(6)22-32)44-24-34(46-38(42)8-2)26-48-36-17-13-10-14-18-36/h7-22,33-34H,1-2,23-26H2,3-6H3. The summed E-state index contributed by atoms with van der Waals surface area (Å²) in [6.45, 7) is 15.6. The van der Waals surface area contributed by atoms with Gasteiger partial charge in [0.05, 0.1) is 0 Å². The van der Waals surface area contributed by atoms with Gasteiger partial charge in [0.15, 0.2) is 0 Å². The molecule has 8 heteroatoms. The predicted molar refractivity (Wildman–Crippen MR) is 196 cm³/mol. The maximum Gasteiger partial charge on any atom is 0.330 e. The van der Waals surface area contributed by atoms with Crippen LogP contribution >= 0.6 is 23.5 Å². The topological polar surface area (TPSA) is 71.1 Å². The molecule has 6 nitrogen and oxygen atoms in total. The summed E-state index contributed by atoms with van der Waals surface area (Å²) in [7, 11) is 0. The van der Waals surface area contributed by atoms with Crippen molar-refractivity contribution in [2.24, 2.45) is 0 Å². The molecule has 0 aliphatic heterocycles. The van der Waals surface area contributed by atoms with Crippen LogP contribution < -0.4 is 9.47 Å². The lowest BCUT2D eigenvalue weighted by molar-refractivity contribution is -0.144. The van der Waals surface area contributed by atoms with Gasteiger partial charge >= 0.3 is 11.9 Å². The molecule has 0 saturated heterocycles. The first-order valence-electron chi connectivity index (χ1n) is 15.7. The van der Waals surface area contributed by atoms with E-state index in [1.807, 2.05) is 88.4 Å². The van der Waals surface area contributed by atoms with Crippen LogP contribution in [0.5, 0.6) is 11.5 Å². The van der Waals surface area contributed by atoms with E-state index in [-0.39, 0.29) is 13.2 Å². The first kappa shape index (κ1) is 36.4. The van der Waals surface area contributed by atoms with E-state index in [0.717, 1.165) is 54.7 Å². The summed E-state index contributed by atoms with van der Waals surface area (Å²) in [6, 6.07) is 28.4. The predicted octanol–water partition coefficient (Wildman–Crippen LogP) is 9.13. The Morgan fingerprint density at radius 3 is 1.25 bits per heavy atom. The lowest BCUT2D eigenvalue weighted by Crippen LogP contribution is -2.27. The van der Waals surface area contributed by atoms with Crippen molar-refractivity contribution in [1.29, 1.82) is 0 Å². The maximum atomic E-state index is 12.0. The zero-order valence-corrected chi connectivity index (χ0v) is 29.5. The van der Waals surface area contributed by atoms with Crippen LogP contribution in [0, 0.1) is 27.7 Å². The van der Waals surface area contributed by atoms with Crippen molar-refractivity contribution in [2.75, 3.05) is 24.7 Å². The van der Waals surface area contributed by atoms with E-state index in [9.17, 15) is 9.59 Å². The Morgan fingerprint density at radius 2 is 0.938 bits per heavy atom. The minimum atomic E-state index is -0.474. The molecular formula is C40H42O6S2. The van der Waals surface area contributed by atoms with Gasteiger partial charge in [0, 0.05) is 33.4 Å². The quantitative estimate of drug-likeness (QED) is 0.0621. The maximum absolute atomic E-state index is 12.0. The van der Waals surface area contributed by atoms with Gasteiger partial charge in [-0.2, -0.15) is 0 Å². The Labute approximate surface area is 292 Å². The van der Waals surface area contributed by atoms with Gasteiger partial charge in [0.2, 0.25) is 0 Å². The summed E-state index contributed by atoms with van der Waals surface area (Å²) >= 11 is 3.22. The Balaban J connectivity index is 1.44. The second-order valence-electron chi connectivity index (χ2n) is 11.3. The van der Waals surface area contributed by atoms with E-state index in [2.05, 4.69) is 37.4 Å². The number of esters is 2. The highest BCUT2D eigenvalue weighted by atomic mass is 32.2. The van der Waals surface area contributed by atoms with Gasteiger partial charge in [-0.15, -0.1) is 23.5 Å². The van der Waals surface area contributed by atoms with Gasteiger partial charge in [-0.05, 0) is 110 Å². The van der Waals surface area contributed by atoms with E-state index in [0.29, 0.717) is 11.5 Å². The number of carbonyl (C=O) groups excluding carboxylic acids is 2. The monoisotopic (exact) mass is 682 g/mol. The average Bonchev–Trinajstić information content (AvgIpc) is 3.09. The van der Waals surface area contributed by atoms with E-state index in [4.69, 9.17) is 18.9 Å². The van der Waals surface area contributed by atoms with Crippen molar-refractivity contribution >= 4 is 35.5 Å². The zero-order valence-electron chi connectivity index (χ0n) is 27.9. The van der Waals surface area contributed by atoms with Gasteiger partial charge < -0.3 is 18.9 Å². The Hall–Kier alpha value is -4.40. The number of hydrogen-bond acceptors (Lipinski definition) is 8. The van der Waals surface area contributed by atoms with E-state index >= 15 is 0 Å². The molecule has 0 aliphatic rings. The van der Waals surface area contributed by atoms with Crippen molar-refractivity contribution < 1.29 is 28.5 Å². The number of carbonyl (C=O) groups is 2. The second-order valence-corrected chi connectivity index (χ2v) is 13.5. The van der Waals surface area contributed by atoms with Crippen molar-refractivity contribution in [3.05, 3.63) is 132 Å². The Morgan fingerprint density at radius 1 is 0.604 bits per heavy atom. The van der Waals surface area contributed by atoms with Crippen molar-refractivity contribution in [2.45, 2.75) is 49.7 Å². The molecule has 0 saturated carbocycles. The molecule has 4 aromatic carbocycles. The van der Waals surface area contributed by atoms with Crippen LogP contribution in [-0.2, 0) is 19.1 Å². The number of hydrogen-bond donors (Lipinski definition) is 0. The van der Waals surface area contributed by atoms with Crippen molar-refractivity contribution in [3.8, 4) is 22.6 Å². The van der Waals surface area contributed by atoms with E-state index in [1.54, 1.807) is 23.5 Å². The molecule has 0 bridgehead atoms. The second kappa shape index (κ2) is 18.2. The first-order chi connectivity index (χ1) is 23.2. The fourth-order valence-electron chi connectivity index (χ4n) is 5.11. The largest absolute Gasteiger partial charge is 0.489 e. The first-order valence-corrected chi connectivity index (χ1v) is 17.6. The molecule has 0 aliphatic carbocycles. The fourth-order valence-corrected chi connectivity index (χ4v) is 6.90. The van der Waals surface area contributed by atoms with E-state index < -0.39 is 24.1 Å². The van der Waals surface area contributed by atoms with Crippen molar-refractivity contribution in [3.63, 3.8) is 0 Å². The molecule has 0 N–H and O–H groups in total. The van der Waals surface area contributed by atoms with Crippen molar-refractivity contribution in [1.82, 2.24) is 0 Å². The van der Waals surface area contributed by atoms with Crippen LogP contribution in [0.4, 0.5) is 0 Å². The average molecular weight is 683 g/mol. The van der Waals surface area contributed by atoms with Crippen LogP contribution in [0.1, 0.15) is 22.3 Å². The summed E-state index contributed by atoms with van der Waals surface area (Å²) in [5.41, 5.74) is 6.03. The highest BCUT2D eigenvalue weighted by molar-refractivity contribution is 7.99. The molecule has 0 radical (unpaired) electrons. The van der Waals surface area contributed by atoms with Crippen LogP contribution in [0.15, 0.2) is 120 Å². The zero-order chi connectivity index (χ0) is 34.5. The SMILES string of the molecule is C=CC(=O)OC(COc1c(C)cc(-c2cc(C)c(OCC(CSc3ccccc3)OC(=O)C=C)c(C)c2)cc1C)CSc1ccccc1. The molecular weight excluding hydrogens is 641 g/mol. The van der Waals surface area contributed by atoms with Crippen LogP contribution in [-0.4, -0.2) is 48.9 Å². The Kier molecular flexibility index (Phi) is 13.8. The lowest BCUT2D eigenvalue weighted by Gasteiger charge is -2.21. The number of ether oxygens (including phenoxy) is 4. The normalized spacial score (nSPS) is 12.0. The molecule has 48 heavy (non-hydrogen) atoms. The van der Waals surface area contributed by atoms with E-state index in [1.165, 1.54) is 12.2 Å². The molecule has 4 aromatic rings. The third kappa shape index (κ3) is 10.8. The summed E-state index contributed by atoms with van der Waals surface area (Å²) < 4.78 is 23.7. The molecule has 250 valence electrons. The summed E-state index contributed by atoms with van der Waals surface area (Å²) in [5.74, 6) is 1.69. The summed E-state index contributed by atoms with van der Waals surface area (Å²) in [5, 5.41) is 0. The fraction of sp³-hybridized carbons (Fsp3) is 0.250. The third-order valence-corrected chi connectivity index (χ3v) is 9.63. The molecule has 0 fully saturated rings. The molecule has 2 atom stereocenters. The third-order valence-electron chi connectivity index (χ3n) is 7.34. The molecule has 0 aromatic heterocycles. The smallest absolute Gasteiger partial charge is 0.330 e. The molecule has 0 heterocycles. The summed E-state index contributed by atoms with van der Waals surface area (Å²) in [4.78, 5) is 26.2. The highest BCUT2D eigenvalue weighted by Gasteiger charge is 2.19. The van der Waals surface area contributed by atoms with Gasteiger partial charge in [0.1, 0.15) is 36.9 Å². The van der Waals surface area contributed by atoms with Gasteiger partial charge in [0.25, 0.3) is 0 Å². The molecule has 2 unspecified atom stereocenters. The summed E-state index contributed by atoms with van der Waals surface area (Å²) in [6.07, 6.45) is 1.45. The van der Waals surface area contributed by atoms with Crippen LogP contribution in [0.3, 0.4) is 0 Å². The number of benzene rings is 4. The number of thioether (sulfide) groups is 2. The highest BCUT2D eigenvalue weighted by Crippen LogP contribution is 2.35. The molecule has 0 amide bonds. The molecule has 4 rings (SSSR count). The number of aryl methyl sites for hydroxylation is 4. The Bertz CT molecular complexity index is 1530. The minimum absolute atomic E-state index is 0.220. The number of rotatable bonds is 17. The van der Waals surface area contributed by atoms with Crippen LogP contribution in [0.2, 0.25) is 0 Å². The van der Waals surface area contributed by atoms with Gasteiger partial charge in [-0.1, -0.05) is 49.6 Å².